The lowest BCUT2D eigenvalue weighted by atomic mass is 10.1. The molecule has 17 heavy (non-hydrogen) atoms. The highest BCUT2D eigenvalue weighted by Gasteiger charge is 2.03. The number of carbonyl (C=O) groups excluding carboxylic acids is 1. The molecule has 0 spiro atoms. The molecule has 1 N–H and O–H groups in total. The third-order valence-corrected chi connectivity index (χ3v) is 3.65. The van der Waals surface area contributed by atoms with Crippen molar-refractivity contribution >= 4 is 56.8 Å². The first kappa shape index (κ1) is 15.2. The lowest BCUT2D eigenvalue weighted by Gasteiger charge is -2.06. The maximum atomic E-state index is 11.7. The second-order valence-electron chi connectivity index (χ2n) is 4.02. The zero-order chi connectivity index (χ0) is 12.7. The average molecular weight is 457 g/mol. The summed E-state index contributed by atoms with van der Waals surface area (Å²) in [5, 5.41) is 2.95. The van der Waals surface area contributed by atoms with E-state index in [1.165, 1.54) is 12.8 Å². The third-order valence-electron chi connectivity index (χ3n) is 2.40. The van der Waals surface area contributed by atoms with Crippen LogP contribution in [0, 0.1) is 7.14 Å². The molecular weight excluding hydrogens is 440 g/mol. The van der Waals surface area contributed by atoms with Crippen LogP contribution in [0.5, 0.6) is 0 Å². The van der Waals surface area contributed by atoms with Gasteiger partial charge in [-0.05, 0) is 69.8 Å². The van der Waals surface area contributed by atoms with Crippen molar-refractivity contribution in [1.29, 1.82) is 0 Å². The number of hydrogen-bond donors (Lipinski definition) is 1. The molecule has 0 atom stereocenters. The number of amides is 1. The molecule has 4 heteroatoms. The van der Waals surface area contributed by atoms with Crippen LogP contribution in [0.3, 0.4) is 0 Å². The largest absolute Gasteiger partial charge is 0.326 e. The molecule has 0 saturated heterocycles. The van der Waals surface area contributed by atoms with Gasteiger partial charge >= 0.3 is 0 Å². The molecule has 0 aliphatic heterocycles. The molecule has 0 aliphatic carbocycles. The van der Waals surface area contributed by atoms with Crippen molar-refractivity contribution in [2.45, 2.75) is 39.0 Å². The van der Waals surface area contributed by atoms with Crippen LogP contribution in [0.1, 0.15) is 39.0 Å². The first-order chi connectivity index (χ1) is 8.11. The van der Waals surface area contributed by atoms with Gasteiger partial charge in [0.15, 0.2) is 0 Å². The number of rotatable bonds is 6. The van der Waals surface area contributed by atoms with E-state index in [9.17, 15) is 4.79 Å². The fourth-order valence-electron chi connectivity index (χ4n) is 1.56. The molecule has 1 aromatic rings. The molecule has 1 rings (SSSR count). The number of unbranched alkanes of at least 4 members (excludes halogenated alkanes) is 3. The molecule has 0 fully saturated rings. The van der Waals surface area contributed by atoms with E-state index in [2.05, 4.69) is 63.5 Å². The molecular formula is C13H17I2NO. The van der Waals surface area contributed by atoms with Gasteiger partial charge in [-0.1, -0.05) is 26.2 Å². The minimum Gasteiger partial charge on any atom is -0.326 e. The normalized spacial score (nSPS) is 10.3. The Balaban J connectivity index is 2.39. The molecule has 0 aromatic heterocycles. The van der Waals surface area contributed by atoms with Gasteiger partial charge in [0.25, 0.3) is 0 Å². The number of hydrogen-bond acceptors (Lipinski definition) is 1. The van der Waals surface area contributed by atoms with Gasteiger partial charge in [-0.25, -0.2) is 0 Å². The number of benzene rings is 1. The molecule has 0 heterocycles. The van der Waals surface area contributed by atoms with Crippen LogP contribution in [0.25, 0.3) is 0 Å². The molecule has 1 aromatic carbocycles. The smallest absolute Gasteiger partial charge is 0.224 e. The van der Waals surface area contributed by atoms with E-state index in [4.69, 9.17) is 0 Å². The molecule has 0 radical (unpaired) electrons. The minimum atomic E-state index is 0.124. The Kier molecular flexibility index (Phi) is 7.41. The highest BCUT2D eigenvalue weighted by molar-refractivity contribution is 14.1. The summed E-state index contributed by atoms with van der Waals surface area (Å²) in [7, 11) is 0. The predicted octanol–water partition coefficient (Wildman–Crippen LogP) is 4.80. The lowest BCUT2D eigenvalue weighted by Crippen LogP contribution is -2.11. The van der Waals surface area contributed by atoms with Gasteiger partial charge in [0.1, 0.15) is 0 Å². The summed E-state index contributed by atoms with van der Waals surface area (Å²) in [6.07, 6.45) is 5.18. The van der Waals surface area contributed by atoms with E-state index in [1.54, 1.807) is 0 Å². The number of carbonyl (C=O) groups is 1. The van der Waals surface area contributed by atoms with Crippen molar-refractivity contribution < 1.29 is 4.79 Å². The zero-order valence-corrected chi connectivity index (χ0v) is 14.2. The monoisotopic (exact) mass is 457 g/mol. The van der Waals surface area contributed by atoms with Crippen LogP contribution in [-0.2, 0) is 4.79 Å². The summed E-state index contributed by atoms with van der Waals surface area (Å²) in [6.45, 7) is 2.17. The van der Waals surface area contributed by atoms with Gasteiger partial charge in [-0.2, -0.15) is 0 Å². The standard InChI is InChI=1S/C13H17I2NO/c1-2-3-4-5-6-13(17)16-12-8-10(14)7-11(15)9-12/h7-9H,2-6H2,1H3,(H,16,17). The van der Waals surface area contributed by atoms with Crippen LogP contribution >= 0.6 is 45.2 Å². The van der Waals surface area contributed by atoms with Crippen LogP contribution < -0.4 is 5.32 Å². The van der Waals surface area contributed by atoms with E-state index in [0.717, 1.165) is 25.7 Å². The molecule has 0 unspecified atom stereocenters. The second-order valence-corrected chi connectivity index (χ2v) is 6.51. The molecule has 1 amide bonds. The summed E-state index contributed by atoms with van der Waals surface area (Å²) in [6, 6.07) is 6.07. The summed E-state index contributed by atoms with van der Waals surface area (Å²) >= 11 is 4.52. The Morgan fingerprint density at radius 1 is 1.12 bits per heavy atom. The van der Waals surface area contributed by atoms with Gasteiger partial charge in [0, 0.05) is 19.2 Å². The first-order valence-electron chi connectivity index (χ1n) is 5.87. The van der Waals surface area contributed by atoms with Crippen molar-refractivity contribution in [3.63, 3.8) is 0 Å². The number of anilines is 1. The van der Waals surface area contributed by atoms with Crippen LogP contribution in [-0.4, -0.2) is 5.91 Å². The van der Waals surface area contributed by atoms with Gasteiger partial charge < -0.3 is 5.32 Å². The average Bonchev–Trinajstić information content (AvgIpc) is 2.23. The van der Waals surface area contributed by atoms with Crippen molar-refractivity contribution in [1.82, 2.24) is 0 Å². The van der Waals surface area contributed by atoms with Gasteiger partial charge in [0.2, 0.25) is 5.91 Å². The Morgan fingerprint density at radius 2 is 1.76 bits per heavy atom. The molecule has 0 bridgehead atoms. The molecule has 0 aliphatic rings. The first-order valence-corrected chi connectivity index (χ1v) is 8.03. The minimum absolute atomic E-state index is 0.124. The van der Waals surface area contributed by atoms with Crippen molar-refractivity contribution in [2.24, 2.45) is 0 Å². The van der Waals surface area contributed by atoms with Crippen LogP contribution in [0.2, 0.25) is 0 Å². The van der Waals surface area contributed by atoms with Gasteiger partial charge in [0.05, 0.1) is 0 Å². The molecule has 2 nitrogen and oxygen atoms in total. The van der Waals surface area contributed by atoms with E-state index < -0.39 is 0 Å². The maximum absolute atomic E-state index is 11.7. The highest BCUT2D eigenvalue weighted by atomic mass is 127. The van der Waals surface area contributed by atoms with E-state index in [0.29, 0.717) is 6.42 Å². The fourth-order valence-corrected chi connectivity index (χ4v) is 3.50. The summed E-state index contributed by atoms with van der Waals surface area (Å²) < 4.78 is 2.30. The zero-order valence-electron chi connectivity index (χ0n) is 9.93. The Bertz CT molecular complexity index is 359. The SMILES string of the molecule is CCCCCCC(=O)Nc1cc(I)cc(I)c1. The summed E-state index contributed by atoms with van der Waals surface area (Å²) in [5.41, 5.74) is 0.904. The van der Waals surface area contributed by atoms with E-state index in [-0.39, 0.29) is 5.91 Å². The fraction of sp³-hybridized carbons (Fsp3) is 0.462. The van der Waals surface area contributed by atoms with Gasteiger partial charge in [-0.3, -0.25) is 4.79 Å². The topological polar surface area (TPSA) is 29.1 Å². The Morgan fingerprint density at radius 3 is 2.35 bits per heavy atom. The van der Waals surface area contributed by atoms with Crippen molar-refractivity contribution in [3.8, 4) is 0 Å². The summed E-state index contributed by atoms with van der Waals surface area (Å²) in [4.78, 5) is 11.7. The highest BCUT2D eigenvalue weighted by Crippen LogP contribution is 2.18. The molecule has 0 saturated carbocycles. The number of nitrogens with one attached hydrogen (secondary N) is 1. The Hall–Kier alpha value is 0.150. The van der Waals surface area contributed by atoms with Gasteiger partial charge in [-0.15, -0.1) is 0 Å². The third kappa shape index (κ3) is 6.59. The quantitative estimate of drug-likeness (QED) is 0.483. The van der Waals surface area contributed by atoms with E-state index >= 15 is 0 Å². The van der Waals surface area contributed by atoms with Crippen molar-refractivity contribution in [2.75, 3.05) is 5.32 Å². The van der Waals surface area contributed by atoms with Crippen LogP contribution in [0.15, 0.2) is 18.2 Å². The van der Waals surface area contributed by atoms with E-state index in [1.807, 2.05) is 12.1 Å². The molecule has 94 valence electrons. The number of halogens is 2. The predicted molar refractivity (Wildman–Crippen MR) is 89.3 cm³/mol. The summed E-state index contributed by atoms with van der Waals surface area (Å²) in [5.74, 6) is 0.124. The van der Waals surface area contributed by atoms with Crippen molar-refractivity contribution in [3.05, 3.63) is 25.3 Å². The maximum Gasteiger partial charge on any atom is 0.224 e. The second kappa shape index (κ2) is 8.29. The lowest BCUT2D eigenvalue weighted by molar-refractivity contribution is -0.116. The van der Waals surface area contributed by atoms with Crippen LogP contribution in [0.4, 0.5) is 5.69 Å². The Labute approximate surface area is 130 Å².